The highest BCUT2D eigenvalue weighted by Gasteiger charge is 2.40. The Labute approximate surface area is 181 Å². The van der Waals surface area contributed by atoms with E-state index in [4.69, 9.17) is 27.4 Å². The summed E-state index contributed by atoms with van der Waals surface area (Å²) in [6, 6.07) is 0. The average molecular weight is 439 g/mol. The second-order valence-corrected chi connectivity index (χ2v) is 8.53. The number of likely N-dealkylation sites (tertiary alicyclic amines) is 1. The summed E-state index contributed by atoms with van der Waals surface area (Å²) in [5, 5.41) is 25.1. The minimum absolute atomic E-state index is 0.166. The molecule has 0 aliphatic carbocycles. The summed E-state index contributed by atoms with van der Waals surface area (Å²) in [4.78, 5) is 18.8. The van der Waals surface area contributed by atoms with Crippen molar-refractivity contribution in [2.45, 2.75) is 37.9 Å². The molecular weight excluding hydrogens is 408 g/mol. The number of nitrogens with two attached hydrogens (primary N) is 1. The largest absolute Gasteiger partial charge is 0.395 e. The number of anilines is 1. The van der Waals surface area contributed by atoms with Gasteiger partial charge in [-0.1, -0.05) is 18.5 Å². The first-order valence-corrected chi connectivity index (χ1v) is 11.0. The van der Waals surface area contributed by atoms with Gasteiger partial charge in [-0.15, -0.1) is 0 Å². The number of hydrogen-bond acceptors (Lipinski definition) is 10. The number of aromatic nitrogens is 2. The molecule has 10 nitrogen and oxygen atoms in total. The number of piperazine rings is 1. The lowest BCUT2D eigenvalue weighted by molar-refractivity contribution is 0.110. The van der Waals surface area contributed by atoms with E-state index >= 15 is 0 Å². The molecule has 0 aromatic carbocycles. The molecule has 5 N–H and O–H groups in total. The molecule has 3 aliphatic rings. The van der Waals surface area contributed by atoms with Crippen molar-refractivity contribution in [2.75, 3.05) is 57.5 Å². The van der Waals surface area contributed by atoms with Gasteiger partial charge in [0.05, 0.1) is 24.3 Å². The number of nitrogens with one attached hydrogen (secondary N) is 1. The molecule has 11 heteroatoms. The number of amidine groups is 1. The normalized spacial score (nSPS) is 23.0. The zero-order valence-electron chi connectivity index (χ0n) is 17.4. The number of nitrogens with zero attached hydrogens (tertiary/aromatic N) is 6. The van der Waals surface area contributed by atoms with Gasteiger partial charge < -0.3 is 20.4 Å². The van der Waals surface area contributed by atoms with Crippen LogP contribution in [0.5, 0.6) is 0 Å². The van der Waals surface area contributed by atoms with Gasteiger partial charge in [-0.3, -0.25) is 9.91 Å². The minimum Gasteiger partial charge on any atom is -0.395 e. The van der Waals surface area contributed by atoms with Gasteiger partial charge in [0.15, 0.2) is 28.8 Å². The van der Waals surface area contributed by atoms with Crippen LogP contribution >= 0.6 is 11.6 Å². The van der Waals surface area contributed by atoms with Crippen LogP contribution in [0.25, 0.3) is 0 Å². The van der Waals surface area contributed by atoms with Crippen LogP contribution in [0.1, 0.15) is 37.6 Å². The van der Waals surface area contributed by atoms with E-state index in [1.165, 1.54) is 0 Å². The molecule has 3 aliphatic heterocycles. The fraction of sp³-hybridized carbons (Fsp3) is 0.737. The monoisotopic (exact) mass is 438 g/mol. The maximum atomic E-state index is 10.0. The van der Waals surface area contributed by atoms with Crippen molar-refractivity contribution in [3.63, 3.8) is 0 Å². The van der Waals surface area contributed by atoms with Crippen LogP contribution in [0.3, 0.4) is 0 Å². The lowest BCUT2D eigenvalue weighted by atomic mass is 9.83. The molecule has 2 saturated heterocycles. The Morgan fingerprint density at radius 2 is 1.80 bits per heavy atom. The molecule has 30 heavy (non-hydrogen) atoms. The van der Waals surface area contributed by atoms with Crippen LogP contribution in [-0.2, 0) is 5.41 Å². The summed E-state index contributed by atoms with van der Waals surface area (Å²) < 4.78 is 0. The third-order valence-electron chi connectivity index (χ3n) is 6.45. The summed E-state index contributed by atoms with van der Waals surface area (Å²) >= 11 is 6.54. The Balaban J connectivity index is 1.82. The molecule has 0 spiro atoms. The van der Waals surface area contributed by atoms with Gasteiger partial charge in [-0.25, -0.2) is 20.8 Å². The predicted molar refractivity (Wildman–Crippen MR) is 115 cm³/mol. The number of aliphatic hydroxyl groups excluding tert-OH is 2. The third-order valence-corrected chi connectivity index (χ3v) is 6.71. The van der Waals surface area contributed by atoms with Crippen molar-refractivity contribution >= 4 is 23.3 Å². The second kappa shape index (κ2) is 8.89. The number of aliphatic imine (C=N–C) groups is 1. The van der Waals surface area contributed by atoms with Crippen molar-refractivity contribution in [3.05, 3.63) is 16.5 Å². The number of aliphatic hydroxyl groups is 2. The van der Waals surface area contributed by atoms with E-state index in [9.17, 15) is 10.2 Å². The Kier molecular flexibility index (Phi) is 6.42. The van der Waals surface area contributed by atoms with Crippen LogP contribution in [0, 0.1) is 0 Å². The number of hydrazine groups is 1. The van der Waals surface area contributed by atoms with E-state index in [0.29, 0.717) is 23.6 Å². The highest BCUT2D eigenvalue weighted by atomic mass is 35.5. The number of fused-ring (bicyclic) bond motifs is 1. The standard InChI is InChI=1S/C19H31ClN8O2/c1-2-19(11-29,12-30)14-15(20)23-13-16(26-7-3-4-8-26)25-18(28(21)17(13)24-14)27-9-5-22-6-10-27/h18,22,29-30H,2-12,21H2,1H3. The van der Waals surface area contributed by atoms with E-state index < -0.39 is 11.7 Å². The Morgan fingerprint density at radius 3 is 2.40 bits per heavy atom. The summed E-state index contributed by atoms with van der Waals surface area (Å²) in [5.41, 5.74) is -0.0552. The first-order valence-electron chi connectivity index (χ1n) is 10.7. The van der Waals surface area contributed by atoms with Gasteiger partial charge >= 0.3 is 0 Å². The summed E-state index contributed by atoms with van der Waals surface area (Å²) in [7, 11) is 0. The summed E-state index contributed by atoms with van der Waals surface area (Å²) in [6.45, 7) is 6.52. The highest BCUT2D eigenvalue weighted by molar-refractivity contribution is 6.30. The van der Waals surface area contributed by atoms with Crippen molar-refractivity contribution < 1.29 is 10.2 Å². The third kappa shape index (κ3) is 3.65. The maximum Gasteiger partial charge on any atom is 0.195 e. The Bertz CT molecular complexity index is 783. The van der Waals surface area contributed by atoms with Crippen molar-refractivity contribution in [1.82, 2.24) is 25.1 Å². The number of halogens is 1. The molecule has 1 unspecified atom stereocenters. The Hall–Kier alpha value is -1.56. The van der Waals surface area contributed by atoms with Gasteiger partial charge in [0, 0.05) is 39.3 Å². The maximum absolute atomic E-state index is 10.0. The Morgan fingerprint density at radius 1 is 1.13 bits per heavy atom. The topological polar surface area (TPSA) is 126 Å². The van der Waals surface area contributed by atoms with Crippen LogP contribution < -0.4 is 16.2 Å². The van der Waals surface area contributed by atoms with E-state index in [2.05, 4.69) is 20.1 Å². The first-order chi connectivity index (χ1) is 14.5. The van der Waals surface area contributed by atoms with Crippen molar-refractivity contribution in [3.8, 4) is 0 Å². The molecule has 1 aromatic heterocycles. The molecule has 4 heterocycles. The summed E-state index contributed by atoms with van der Waals surface area (Å²) in [6.07, 6.45) is 2.28. The summed E-state index contributed by atoms with van der Waals surface area (Å²) in [5.74, 6) is 7.79. The van der Waals surface area contributed by atoms with E-state index in [1.807, 2.05) is 6.92 Å². The smallest absolute Gasteiger partial charge is 0.195 e. The zero-order valence-corrected chi connectivity index (χ0v) is 18.1. The SMILES string of the molecule is CCC(CO)(CO)c1nc2c(nc1Cl)C(N1CCCC1)=NC(N1CCNCC1)N2N. The first kappa shape index (κ1) is 21.7. The van der Waals surface area contributed by atoms with Gasteiger partial charge in [0.25, 0.3) is 0 Å². The molecule has 0 bridgehead atoms. The van der Waals surface area contributed by atoms with E-state index in [-0.39, 0.29) is 18.4 Å². The van der Waals surface area contributed by atoms with Gasteiger partial charge in [0.2, 0.25) is 0 Å². The van der Waals surface area contributed by atoms with Crippen molar-refractivity contribution in [1.29, 1.82) is 0 Å². The van der Waals surface area contributed by atoms with Gasteiger partial charge in [0.1, 0.15) is 0 Å². The molecule has 166 valence electrons. The highest BCUT2D eigenvalue weighted by Crippen LogP contribution is 2.35. The fourth-order valence-corrected chi connectivity index (χ4v) is 4.66. The molecule has 4 rings (SSSR count). The van der Waals surface area contributed by atoms with Gasteiger partial charge in [-0.05, 0) is 19.3 Å². The van der Waals surface area contributed by atoms with Crippen molar-refractivity contribution in [2.24, 2.45) is 10.8 Å². The minimum atomic E-state index is -0.979. The van der Waals surface area contributed by atoms with E-state index in [0.717, 1.165) is 57.9 Å². The second-order valence-electron chi connectivity index (χ2n) is 8.17. The molecular formula is C19H31ClN8O2. The molecule has 1 atom stereocenters. The van der Waals surface area contributed by atoms with Crippen LogP contribution in [0.4, 0.5) is 5.82 Å². The molecule has 0 amide bonds. The van der Waals surface area contributed by atoms with Crippen LogP contribution in [0.2, 0.25) is 5.15 Å². The fourth-order valence-electron chi connectivity index (χ4n) is 4.34. The quantitative estimate of drug-likeness (QED) is 0.449. The molecule has 0 radical (unpaired) electrons. The average Bonchev–Trinajstić information content (AvgIpc) is 3.31. The van der Waals surface area contributed by atoms with Gasteiger partial charge in [-0.2, -0.15) is 0 Å². The molecule has 0 saturated carbocycles. The lowest BCUT2D eigenvalue weighted by Crippen LogP contribution is -2.59. The number of rotatable bonds is 5. The number of hydrogen-bond donors (Lipinski definition) is 4. The lowest BCUT2D eigenvalue weighted by Gasteiger charge is -2.41. The van der Waals surface area contributed by atoms with Crippen LogP contribution in [0.15, 0.2) is 4.99 Å². The van der Waals surface area contributed by atoms with Crippen LogP contribution in [-0.4, -0.2) is 94.6 Å². The predicted octanol–water partition coefficient (Wildman–Crippen LogP) is -0.513. The zero-order chi connectivity index (χ0) is 21.3. The molecule has 2 fully saturated rings. The van der Waals surface area contributed by atoms with E-state index in [1.54, 1.807) is 5.01 Å². The molecule has 1 aromatic rings.